The molecule has 1 N–H and O–H groups in total. The largest absolute Gasteiger partial charge is 0.489 e. The first-order chi connectivity index (χ1) is 9.74. The van der Waals surface area contributed by atoms with Gasteiger partial charge in [0.2, 0.25) is 5.91 Å². The lowest BCUT2D eigenvalue weighted by atomic mass is 10.1. The van der Waals surface area contributed by atoms with Crippen LogP contribution in [0.15, 0.2) is 30.3 Å². The van der Waals surface area contributed by atoms with Crippen molar-refractivity contribution in [1.29, 1.82) is 0 Å². The molecule has 1 aromatic rings. The van der Waals surface area contributed by atoms with Gasteiger partial charge in [0, 0.05) is 13.0 Å². The Bertz CT molecular complexity index is 401. The molecule has 1 aliphatic rings. The van der Waals surface area contributed by atoms with Gasteiger partial charge >= 0.3 is 0 Å². The molecular formula is C16H23NO3. The fourth-order valence-electron chi connectivity index (χ4n) is 2.28. The van der Waals surface area contributed by atoms with Crippen molar-refractivity contribution in [1.82, 2.24) is 5.32 Å². The lowest BCUT2D eigenvalue weighted by Crippen LogP contribution is -2.33. The van der Waals surface area contributed by atoms with Gasteiger partial charge in [-0.15, -0.1) is 0 Å². The zero-order chi connectivity index (χ0) is 14.2. The van der Waals surface area contributed by atoms with E-state index in [9.17, 15) is 4.79 Å². The maximum Gasteiger partial charge on any atom is 0.220 e. The van der Waals surface area contributed by atoms with Crippen molar-refractivity contribution in [2.45, 2.75) is 44.8 Å². The normalized spacial score (nSPS) is 19.6. The summed E-state index contributed by atoms with van der Waals surface area (Å²) in [5, 5.41) is 2.91. The van der Waals surface area contributed by atoms with Crippen molar-refractivity contribution in [3.05, 3.63) is 30.3 Å². The van der Waals surface area contributed by atoms with Crippen LogP contribution < -0.4 is 10.1 Å². The highest BCUT2D eigenvalue weighted by Crippen LogP contribution is 2.16. The molecule has 1 aliphatic heterocycles. The molecule has 2 rings (SSSR count). The Morgan fingerprint density at radius 1 is 1.45 bits per heavy atom. The number of rotatable bonds is 7. The van der Waals surface area contributed by atoms with Gasteiger partial charge in [0.15, 0.2) is 0 Å². The standard InChI is InChI=1S/C16H23NO3/c1-13(20-15-6-3-2-4-7-15)12-17-16(18)10-9-14-8-5-11-19-14/h2-4,6-7,13-14H,5,8-12H2,1H3,(H,17,18). The predicted molar refractivity (Wildman–Crippen MR) is 77.7 cm³/mol. The summed E-state index contributed by atoms with van der Waals surface area (Å²) in [5.41, 5.74) is 0. The smallest absolute Gasteiger partial charge is 0.220 e. The third-order valence-electron chi connectivity index (χ3n) is 3.38. The Balaban J connectivity index is 1.60. The SMILES string of the molecule is CC(CNC(=O)CCC1CCCO1)Oc1ccccc1. The average molecular weight is 277 g/mol. The molecule has 0 radical (unpaired) electrons. The van der Waals surface area contributed by atoms with Crippen LogP contribution in [-0.4, -0.2) is 31.3 Å². The number of carbonyl (C=O) groups excluding carboxylic acids is 1. The molecule has 110 valence electrons. The Hall–Kier alpha value is -1.55. The van der Waals surface area contributed by atoms with Gasteiger partial charge < -0.3 is 14.8 Å². The van der Waals surface area contributed by atoms with Gasteiger partial charge in [-0.05, 0) is 38.3 Å². The topological polar surface area (TPSA) is 47.6 Å². The van der Waals surface area contributed by atoms with Gasteiger partial charge in [-0.1, -0.05) is 18.2 Å². The first kappa shape index (κ1) is 14.9. The third-order valence-corrected chi connectivity index (χ3v) is 3.38. The number of ether oxygens (including phenoxy) is 2. The first-order valence-electron chi connectivity index (χ1n) is 7.34. The monoisotopic (exact) mass is 277 g/mol. The van der Waals surface area contributed by atoms with Crippen molar-refractivity contribution in [3.63, 3.8) is 0 Å². The van der Waals surface area contributed by atoms with Gasteiger partial charge in [0.05, 0.1) is 12.6 Å². The molecule has 0 bridgehead atoms. The number of amides is 1. The molecule has 1 aromatic carbocycles. The molecule has 1 saturated heterocycles. The predicted octanol–water partition coefficient (Wildman–Crippen LogP) is 2.53. The Morgan fingerprint density at radius 2 is 2.25 bits per heavy atom. The lowest BCUT2D eigenvalue weighted by Gasteiger charge is -2.16. The summed E-state index contributed by atoms with van der Waals surface area (Å²) in [6, 6.07) is 9.64. The first-order valence-corrected chi connectivity index (χ1v) is 7.34. The van der Waals surface area contributed by atoms with Crippen LogP contribution in [0.3, 0.4) is 0 Å². The van der Waals surface area contributed by atoms with Gasteiger partial charge in [-0.2, -0.15) is 0 Å². The van der Waals surface area contributed by atoms with Crippen LogP contribution in [0.2, 0.25) is 0 Å². The van der Waals surface area contributed by atoms with Gasteiger partial charge in [0.25, 0.3) is 0 Å². The molecular weight excluding hydrogens is 254 g/mol. The molecule has 2 unspecified atom stereocenters. The van der Waals surface area contributed by atoms with Crippen molar-refractivity contribution < 1.29 is 14.3 Å². The van der Waals surface area contributed by atoms with Crippen LogP contribution in [0.5, 0.6) is 5.75 Å². The second-order valence-electron chi connectivity index (χ2n) is 5.22. The zero-order valence-corrected chi connectivity index (χ0v) is 12.0. The van der Waals surface area contributed by atoms with E-state index in [0.717, 1.165) is 31.6 Å². The van der Waals surface area contributed by atoms with Crippen molar-refractivity contribution in [2.24, 2.45) is 0 Å². The third kappa shape index (κ3) is 5.21. The minimum Gasteiger partial charge on any atom is -0.489 e. The molecule has 4 heteroatoms. The molecule has 0 saturated carbocycles. The van der Waals surface area contributed by atoms with Gasteiger partial charge in [-0.3, -0.25) is 4.79 Å². The summed E-state index contributed by atoms with van der Waals surface area (Å²) in [5.74, 6) is 0.901. The molecule has 1 amide bonds. The number of hydrogen-bond acceptors (Lipinski definition) is 3. The van der Waals surface area contributed by atoms with Crippen LogP contribution >= 0.6 is 0 Å². The van der Waals surface area contributed by atoms with E-state index in [2.05, 4.69) is 5.32 Å². The molecule has 0 aromatic heterocycles. The average Bonchev–Trinajstić information content (AvgIpc) is 2.97. The zero-order valence-electron chi connectivity index (χ0n) is 12.0. The molecule has 1 heterocycles. The second kappa shape index (κ2) is 7.90. The number of para-hydroxylation sites is 1. The summed E-state index contributed by atoms with van der Waals surface area (Å²) >= 11 is 0. The molecule has 0 aliphatic carbocycles. The molecule has 2 atom stereocenters. The summed E-state index contributed by atoms with van der Waals surface area (Å²) in [6.45, 7) is 3.32. The summed E-state index contributed by atoms with van der Waals surface area (Å²) < 4.78 is 11.2. The van der Waals surface area contributed by atoms with Gasteiger partial charge in [0.1, 0.15) is 11.9 Å². The number of nitrogens with one attached hydrogen (secondary N) is 1. The summed E-state index contributed by atoms with van der Waals surface area (Å²) in [6.07, 6.45) is 3.79. The van der Waals surface area contributed by atoms with Crippen LogP contribution in [0, 0.1) is 0 Å². The van der Waals surface area contributed by atoms with E-state index in [1.165, 1.54) is 0 Å². The van der Waals surface area contributed by atoms with E-state index in [4.69, 9.17) is 9.47 Å². The Morgan fingerprint density at radius 3 is 2.95 bits per heavy atom. The highest BCUT2D eigenvalue weighted by molar-refractivity contribution is 5.75. The van der Waals surface area contributed by atoms with Gasteiger partial charge in [-0.25, -0.2) is 0 Å². The maximum atomic E-state index is 11.7. The fraction of sp³-hybridized carbons (Fsp3) is 0.562. The van der Waals surface area contributed by atoms with E-state index in [1.807, 2.05) is 37.3 Å². The van der Waals surface area contributed by atoms with E-state index in [-0.39, 0.29) is 18.1 Å². The highest BCUT2D eigenvalue weighted by atomic mass is 16.5. The number of carbonyl (C=O) groups is 1. The van der Waals surface area contributed by atoms with E-state index in [0.29, 0.717) is 13.0 Å². The molecule has 1 fully saturated rings. The summed E-state index contributed by atoms with van der Waals surface area (Å²) in [7, 11) is 0. The molecule has 0 spiro atoms. The minimum atomic E-state index is -0.0379. The van der Waals surface area contributed by atoms with Crippen LogP contribution in [0.25, 0.3) is 0 Å². The van der Waals surface area contributed by atoms with Crippen LogP contribution in [-0.2, 0) is 9.53 Å². The number of benzene rings is 1. The van der Waals surface area contributed by atoms with E-state index >= 15 is 0 Å². The van der Waals surface area contributed by atoms with Crippen LogP contribution in [0.1, 0.15) is 32.6 Å². The van der Waals surface area contributed by atoms with E-state index < -0.39 is 0 Å². The van der Waals surface area contributed by atoms with Crippen molar-refractivity contribution in [3.8, 4) is 5.75 Å². The van der Waals surface area contributed by atoms with Crippen LogP contribution in [0.4, 0.5) is 0 Å². The fourth-order valence-corrected chi connectivity index (χ4v) is 2.28. The van der Waals surface area contributed by atoms with Crippen molar-refractivity contribution >= 4 is 5.91 Å². The maximum absolute atomic E-state index is 11.7. The number of hydrogen-bond donors (Lipinski definition) is 1. The second-order valence-corrected chi connectivity index (χ2v) is 5.22. The Labute approximate surface area is 120 Å². The summed E-state index contributed by atoms with van der Waals surface area (Å²) in [4.78, 5) is 11.7. The molecule has 4 nitrogen and oxygen atoms in total. The molecule has 20 heavy (non-hydrogen) atoms. The minimum absolute atomic E-state index is 0.0379. The Kier molecular flexibility index (Phi) is 5.87. The van der Waals surface area contributed by atoms with E-state index in [1.54, 1.807) is 0 Å². The lowest BCUT2D eigenvalue weighted by molar-refractivity contribution is -0.122. The quantitative estimate of drug-likeness (QED) is 0.833. The highest BCUT2D eigenvalue weighted by Gasteiger charge is 2.16. The van der Waals surface area contributed by atoms with Crippen molar-refractivity contribution in [2.75, 3.05) is 13.2 Å².